The average Bonchev–Trinajstić information content (AvgIpc) is 1.32. The maximum atomic E-state index is 11.2. The fourth-order valence-electron chi connectivity index (χ4n) is 17.0. The van der Waals surface area contributed by atoms with Crippen LogP contribution < -0.4 is 12.4 Å². The number of ketones is 1. The van der Waals surface area contributed by atoms with Gasteiger partial charge in [-0.1, -0.05) is 76.8 Å². The predicted molar refractivity (Wildman–Crippen MR) is 599 cm³/mol. The second-order valence-electron chi connectivity index (χ2n) is 39.2. The summed E-state index contributed by atoms with van der Waals surface area (Å²) in [5.41, 5.74) is 18.5. The van der Waals surface area contributed by atoms with Gasteiger partial charge in [0.25, 0.3) is 0 Å². The number of nitrogens with one attached hydrogen (secondary N) is 8. The van der Waals surface area contributed by atoms with E-state index in [-0.39, 0.29) is 49.5 Å². The van der Waals surface area contributed by atoms with E-state index in [0.29, 0.717) is 11.7 Å². The van der Waals surface area contributed by atoms with Gasteiger partial charge in [0.1, 0.15) is 18.7 Å². The summed E-state index contributed by atoms with van der Waals surface area (Å²) in [4.78, 5) is 87.2. The number of H-pyrrole nitrogens is 8. The Kier molecular flexibility index (Phi) is 80.3. The number of carbonyl (C=O) groups is 1. The second kappa shape index (κ2) is 86.5. The van der Waals surface area contributed by atoms with Crippen LogP contribution in [0.25, 0.3) is 0 Å². The molecule has 0 bridgehead atoms. The zero-order valence-corrected chi connectivity index (χ0v) is 98.4. The summed E-state index contributed by atoms with van der Waals surface area (Å²) in [6.07, 6.45) is 87.1. The van der Waals surface area contributed by atoms with Gasteiger partial charge in [0.05, 0.1) is 49.3 Å². The molecule has 4 unspecified atom stereocenters. The first-order chi connectivity index (χ1) is 70.5. The van der Waals surface area contributed by atoms with Crippen LogP contribution in [0, 0.1) is 71.4 Å². The molecule has 8 aliphatic carbocycles. The molecule has 9 aliphatic rings. The maximum absolute atomic E-state index is 11.2. The zero-order chi connectivity index (χ0) is 106. The Balaban J connectivity index is 0.000000551. The SMILES string of the molecule is C1CCOC1.C=C1CCC(Cc2cnc[nH]2)CC1.C=C1CCC(Cc2cnc[nH]2)CC1.CC#CCOOOO.CC1(O)CCC(Cc2cnc[nH]2)CC1.CC1=CCC(Cc2c[nH]c(=S)[nH]2)CC1.CC1=CCC(Cc2cnc[nH]2)CC1.CC1=CCC(Cc2cnc[nH]2)CC1.CC1=CCC(Cc2cnc[nH]2)CC1.CN(C)OOSn1cnc(CC2CCC(=O)CC2)c1.CSOON(C)C.CSOON(C)C.CSOON(C)C.[CH3-].[Cl-].[Mg+2]. The van der Waals surface area contributed by atoms with Crippen molar-refractivity contribution in [1.82, 2.24) is 99.0 Å². The van der Waals surface area contributed by atoms with E-state index in [1.807, 2.05) is 56.5 Å². The van der Waals surface area contributed by atoms with Crippen LogP contribution in [0.1, 0.15) is 280 Å². The first-order valence-electron chi connectivity index (χ1n) is 51.2. The maximum Gasteiger partial charge on any atom is 2.00 e. The van der Waals surface area contributed by atoms with Gasteiger partial charge in [-0.05, 0) is 342 Å². The van der Waals surface area contributed by atoms with Gasteiger partial charge in [0.15, 0.2) is 17.0 Å². The minimum absolute atomic E-state index is 0. The number of allylic oxidation sites excluding steroid dienone is 10. The van der Waals surface area contributed by atoms with Crippen LogP contribution >= 0.6 is 60.6 Å². The van der Waals surface area contributed by atoms with E-state index in [4.69, 9.17) is 31.5 Å². The molecule has 8 aromatic heterocycles. The van der Waals surface area contributed by atoms with Crippen molar-refractivity contribution in [2.45, 2.75) is 291 Å². The quantitative estimate of drug-likeness (QED) is 0.00215. The van der Waals surface area contributed by atoms with E-state index >= 15 is 0 Å². The van der Waals surface area contributed by atoms with Crippen LogP contribution in [0.2, 0.25) is 0 Å². The molecule has 1 saturated heterocycles. The molecular formula is C107H177ClMgN20O15S5. The van der Waals surface area contributed by atoms with Crippen LogP contribution in [0.4, 0.5) is 0 Å². The number of hydroxylamine groups is 8. The number of hydrogen-bond donors (Lipinski definition) is 10. The summed E-state index contributed by atoms with van der Waals surface area (Å²) >= 11 is 9.56. The Labute approximate surface area is 933 Å². The Morgan fingerprint density at radius 3 is 1.05 bits per heavy atom. The monoisotopic (exact) mass is 2200 g/mol. The van der Waals surface area contributed by atoms with E-state index in [0.717, 1.165) is 180 Å². The third-order valence-electron chi connectivity index (χ3n) is 25.4. The topological polar surface area (TPSA) is 403 Å². The minimum atomic E-state index is -0.412. The van der Waals surface area contributed by atoms with E-state index in [1.165, 1.54) is 249 Å². The van der Waals surface area contributed by atoms with E-state index < -0.39 is 5.60 Å². The third-order valence-corrected chi connectivity index (χ3v) is 26.7. The number of halogens is 1. The number of aromatic amines is 8. The van der Waals surface area contributed by atoms with Crippen molar-refractivity contribution in [3.05, 3.63) is 223 Å². The van der Waals surface area contributed by atoms with E-state index in [2.05, 4.69) is 195 Å². The first kappa shape index (κ1) is 138. The summed E-state index contributed by atoms with van der Waals surface area (Å²) in [7, 11) is 14.0. The molecule has 35 nitrogen and oxygen atoms in total. The van der Waals surface area contributed by atoms with Gasteiger partial charge in [-0.15, -0.1) is 43.2 Å². The van der Waals surface area contributed by atoms with Crippen molar-refractivity contribution < 1.29 is 84.6 Å². The predicted octanol–water partition coefficient (Wildman–Crippen LogP) is 21.1. The van der Waals surface area contributed by atoms with Gasteiger partial charge < -0.3 is 69.5 Å². The average molecular weight is 2200 g/mol. The van der Waals surface area contributed by atoms with Crippen molar-refractivity contribution in [2.24, 2.45) is 47.3 Å². The number of ether oxygens (including phenoxy) is 1. The molecule has 9 heterocycles. The van der Waals surface area contributed by atoms with Crippen LogP contribution in [-0.2, 0) is 113 Å². The van der Waals surface area contributed by atoms with Gasteiger partial charge >= 0.3 is 23.1 Å². The van der Waals surface area contributed by atoms with Gasteiger partial charge in [0.2, 0.25) is 0 Å². The summed E-state index contributed by atoms with van der Waals surface area (Å²) in [6.45, 7) is 22.6. The van der Waals surface area contributed by atoms with Crippen LogP contribution in [0.3, 0.4) is 0 Å². The van der Waals surface area contributed by atoms with E-state index in [9.17, 15) is 9.90 Å². The van der Waals surface area contributed by atoms with Gasteiger partial charge in [-0.25, -0.2) is 40.1 Å². The molecule has 17 rings (SSSR count). The number of rotatable bonds is 32. The van der Waals surface area contributed by atoms with Crippen molar-refractivity contribution >= 4 is 89.4 Å². The molecule has 834 valence electrons. The number of aliphatic hydroxyl groups is 1. The number of Topliss-reactive ketones (excluding diaryl/α,β-unsaturated/α-hetero) is 1. The molecule has 10 N–H and O–H groups in total. The Morgan fingerprint density at radius 2 is 0.779 bits per heavy atom. The number of carbonyl (C=O) groups excluding carboxylic acids is 1. The largest absolute Gasteiger partial charge is 2.00 e. The fourth-order valence-corrected chi connectivity index (χ4v) is 18.2. The molecule has 4 atom stereocenters. The summed E-state index contributed by atoms with van der Waals surface area (Å²) in [5, 5.41) is 29.8. The molecule has 0 amide bonds. The zero-order valence-electron chi connectivity index (χ0n) is 92.2. The molecule has 8 aromatic rings. The Morgan fingerprint density at radius 1 is 0.470 bits per heavy atom. The van der Waals surface area contributed by atoms with Crippen molar-refractivity contribution in [1.29, 1.82) is 0 Å². The molecule has 0 aromatic carbocycles. The molecule has 5 fully saturated rings. The number of aromatic nitrogens is 16. The minimum Gasteiger partial charge on any atom is -1.00 e. The number of hydrogen-bond acceptors (Lipinski definition) is 31. The number of imidazole rings is 8. The third kappa shape index (κ3) is 71.9. The Bertz CT molecular complexity index is 4540. The molecule has 4 saturated carbocycles. The fraction of sp³-hybridized carbons (Fsp3) is 0.626. The van der Waals surface area contributed by atoms with Crippen molar-refractivity contribution in [3.63, 3.8) is 0 Å². The Hall–Kier alpha value is -6.69. The molecular weight excluding hydrogens is 2030 g/mol. The van der Waals surface area contributed by atoms with Crippen LogP contribution in [0.5, 0.6) is 0 Å². The van der Waals surface area contributed by atoms with Crippen molar-refractivity contribution in [3.8, 4) is 11.8 Å². The molecule has 1 aliphatic heterocycles. The molecule has 0 spiro atoms. The van der Waals surface area contributed by atoms with E-state index in [1.54, 1.807) is 153 Å². The first-order valence-corrected chi connectivity index (χ1v) is 55.8. The van der Waals surface area contributed by atoms with Crippen LogP contribution in [-0.4, -0.2) is 239 Å². The van der Waals surface area contributed by atoms with Gasteiger partial charge in [-0.2, -0.15) is 25.1 Å². The normalized spacial score (nSPS) is 19.4. The van der Waals surface area contributed by atoms with Crippen molar-refractivity contribution in [2.75, 3.05) is 95.0 Å². The summed E-state index contributed by atoms with van der Waals surface area (Å²) in [5.74, 6) is 11.7. The molecule has 0 radical (unpaired) electrons. The summed E-state index contributed by atoms with van der Waals surface area (Å²) in [6, 6.07) is 0. The standard InChI is InChI=1S/C12H19N3O3S.C11H18N2O.C11H16N2S.5C11H16N2.C4H6O4.C4H8O.3C3H9NO2S.CH3.ClH.Mg/c1-14(2)17-18-19-15-8-11(13-9-15)7-10-3-5-12(16)6-4-10;1-11(14)4-2-9(3-5-11)6-10-7-12-8-13-10;1-8-2-4-9(5-3-8)6-10-7-12-11(14)13-10;5*1-9-2-4-10(5-3-9)6-11-7-12-8-13-11;1-2-3-4-6-8-7-5;1-2-4-5-3-1;3*1-4(2)5-6-7-3;;;/h8-10H,3-7H2,1-2H3;7-9,14H,2-6H2,1H3,(H,12,13);2,7,9H,3-6H2,1H3,(H2,12,13,14);3*2,7-8,10H,3-6H2,1H3,(H,12,13);2*7-8,10H,1-6H2,(H,12,13);5H,4H2,1H3;1-4H2;3*1-3H3;1H3;1H;/q;;;;;;;;;;;;;-1;;+2/p-1. The summed E-state index contributed by atoms with van der Waals surface area (Å²) < 4.78 is 25.7. The molecule has 42 heteroatoms. The number of nitrogens with zero attached hydrogens (tertiary/aromatic N) is 12. The van der Waals surface area contributed by atoms with Crippen LogP contribution in [0.15, 0.2) is 165 Å². The second-order valence-corrected chi connectivity index (χ2v) is 41.7. The molecule has 149 heavy (non-hydrogen) atoms. The van der Waals surface area contributed by atoms with Gasteiger partial charge in [-0.3, -0.25) is 8.77 Å². The van der Waals surface area contributed by atoms with Gasteiger partial charge in [0, 0.05) is 227 Å². The smallest absolute Gasteiger partial charge is 1.00 e.